The van der Waals surface area contributed by atoms with Gasteiger partial charge in [0.05, 0.1) is 46.8 Å². The van der Waals surface area contributed by atoms with E-state index in [9.17, 15) is 4.79 Å². The van der Waals surface area contributed by atoms with Gasteiger partial charge in [0.2, 0.25) is 5.95 Å². The Labute approximate surface area is 212 Å². The molecule has 3 heterocycles. The topological polar surface area (TPSA) is 106 Å². The summed E-state index contributed by atoms with van der Waals surface area (Å²) < 4.78 is 8.22. The summed E-state index contributed by atoms with van der Waals surface area (Å²) in [5, 5.41) is 16.8. The summed E-state index contributed by atoms with van der Waals surface area (Å²) in [6.45, 7) is 12.2. The number of anilines is 2. The van der Waals surface area contributed by atoms with Gasteiger partial charge in [-0.05, 0) is 59.9 Å². The largest absolute Gasteiger partial charge is 0.370 e. The number of carbonyl (C=O) groups excluding carboxylic acids is 1. The van der Waals surface area contributed by atoms with Gasteiger partial charge in [-0.25, -0.2) is 9.97 Å². The average molecular weight is 487 g/mol. The summed E-state index contributed by atoms with van der Waals surface area (Å²) in [5.41, 5.74) is 3.60. The first-order valence-electron chi connectivity index (χ1n) is 12.3. The molecule has 1 N–H and O–H groups in total. The van der Waals surface area contributed by atoms with Crippen molar-refractivity contribution in [2.24, 2.45) is 5.92 Å². The first-order valence-corrected chi connectivity index (χ1v) is 12.3. The van der Waals surface area contributed by atoms with Crippen LogP contribution in [0.3, 0.4) is 0 Å². The molecular weight excluding hydrogens is 452 g/mol. The average Bonchev–Trinajstić information content (AvgIpc) is 3.27. The minimum Gasteiger partial charge on any atom is -0.370 e. The highest BCUT2D eigenvalue weighted by molar-refractivity contribution is 5.96. The monoisotopic (exact) mass is 486 g/mol. The van der Waals surface area contributed by atoms with Crippen LogP contribution < -0.4 is 5.32 Å². The zero-order valence-corrected chi connectivity index (χ0v) is 21.9. The summed E-state index contributed by atoms with van der Waals surface area (Å²) in [7, 11) is 0. The van der Waals surface area contributed by atoms with Crippen molar-refractivity contribution in [3.63, 3.8) is 0 Å². The van der Waals surface area contributed by atoms with Gasteiger partial charge in [-0.2, -0.15) is 10.4 Å². The molecule has 0 spiro atoms. The van der Waals surface area contributed by atoms with Crippen LogP contribution >= 0.6 is 0 Å². The Kier molecular flexibility index (Phi) is 6.96. The fraction of sp³-hybridized carbons (Fsp3) is 0.464. The van der Waals surface area contributed by atoms with Crippen LogP contribution in [0.2, 0.25) is 0 Å². The Bertz CT molecular complexity index is 1270. The number of nitrogens with zero attached hydrogens (tertiary/aromatic N) is 5. The Balaban J connectivity index is 1.50. The quantitative estimate of drug-likeness (QED) is 0.406. The number of benzene rings is 1. The Morgan fingerprint density at radius 3 is 2.50 bits per heavy atom. The molecule has 0 saturated carbocycles. The molecule has 0 aliphatic carbocycles. The molecule has 1 saturated heterocycles. The van der Waals surface area contributed by atoms with E-state index >= 15 is 0 Å². The van der Waals surface area contributed by atoms with E-state index in [0.717, 1.165) is 35.3 Å². The molecule has 36 heavy (non-hydrogen) atoms. The number of carbonyl (C=O) groups is 1. The summed E-state index contributed by atoms with van der Waals surface area (Å²) in [6, 6.07) is 9.70. The predicted molar refractivity (Wildman–Crippen MR) is 139 cm³/mol. The molecule has 1 aliphatic heterocycles. The molecule has 4 rings (SSSR count). The molecule has 8 nitrogen and oxygen atoms in total. The maximum Gasteiger partial charge on any atom is 0.227 e. The Morgan fingerprint density at radius 2 is 1.86 bits per heavy atom. The second-order valence-corrected chi connectivity index (χ2v) is 11.0. The minimum absolute atomic E-state index is 0.0364. The van der Waals surface area contributed by atoms with Crippen LogP contribution in [0.4, 0.5) is 11.6 Å². The number of ether oxygens (including phenoxy) is 1. The molecule has 188 valence electrons. The van der Waals surface area contributed by atoms with E-state index < -0.39 is 0 Å². The van der Waals surface area contributed by atoms with Crippen molar-refractivity contribution in [1.29, 1.82) is 5.26 Å². The highest BCUT2D eigenvalue weighted by atomic mass is 16.5. The molecule has 1 atom stereocenters. The van der Waals surface area contributed by atoms with E-state index in [1.807, 2.05) is 29.9 Å². The number of aryl methyl sites for hydroxylation is 1. The normalized spacial score (nSPS) is 17.8. The first kappa shape index (κ1) is 25.5. The Morgan fingerprint density at radius 1 is 1.19 bits per heavy atom. The first-order chi connectivity index (χ1) is 16.9. The molecule has 0 radical (unpaired) electrons. The summed E-state index contributed by atoms with van der Waals surface area (Å²) in [4.78, 5) is 21.6. The van der Waals surface area contributed by atoms with Crippen molar-refractivity contribution >= 4 is 17.4 Å². The number of hydrogen-bond acceptors (Lipinski definition) is 7. The van der Waals surface area contributed by atoms with Gasteiger partial charge < -0.3 is 10.1 Å². The second-order valence-electron chi connectivity index (χ2n) is 11.0. The van der Waals surface area contributed by atoms with Crippen LogP contribution in [0.15, 0.2) is 42.9 Å². The fourth-order valence-corrected chi connectivity index (χ4v) is 5.01. The van der Waals surface area contributed by atoms with Crippen LogP contribution in [0.25, 0.3) is 11.3 Å². The Hall–Kier alpha value is -3.57. The van der Waals surface area contributed by atoms with Crippen molar-refractivity contribution in [2.45, 2.75) is 78.0 Å². The van der Waals surface area contributed by atoms with Gasteiger partial charge in [-0.3, -0.25) is 9.48 Å². The van der Waals surface area contributed by atoms with Crippen molar-refractivity contribution in [1.82, 2.24) is 19.7 Å². The third-order valence-corrected chi connectivity index (χ3v) is 6.40. The van der Waals surface area contributed by atoms with Gasteiger partial charge >= 0.3 is 0 Å². The maximum atomic E-state index is 12.4. The molecule has 0 amide bonds. The van der Waals surface area contributed by atoms with Crippen molar-refractivity contribution < 1.29 is 9.53 Å². The third-order valence-electron chi connectivity index (χ3n) is 6.40. The minimum atomic E-state index is -0.302. The molecule has 3 aromatic rings. The molecular formula is C28H34N6O2. The van der Waals surface area contributed by atoms with Gasteiger partial charge in [0, 0.05) is 29.9 Å². The number of rotatable bonds is 7. The lowest BCUT2D eigenvalue weighted by molar-refractivity contribution is -0.170. The van der Waals surface area contributed by atoms with E-state index in [1.165, 1.54) is 0 Å². The number of nitrogens with one attached hydrogen (secondary N) is 1. The van der Waals surface area contributed by atoms with Crippen LogP contribution in [-0.2, 0) is 4.74 Å². The van der Waals surface area contributed by atoms with Gasteiger partial charge in [0.25, 0.3) is 0 Å². The van der Waals surface area contributed by atoms with Gasteiger partial charge in [0.15, 0.2) is 5.78 Å². The van der Waals surface area contributed by atoms with Crippen LogP contribution in [0.1, 0.15) is 75.8 Å². The van der Waals surface area contributed by atoms with E-state index in [2.05, 4.69) is 49.2 Å². The highest BCUT2D eigenvalue weighted by Gasteiger charge is 2.40. The molecule has 8 heteroatoms. The van der Waals surface area contributed by atoms with Crippen molar-refractivity contribution in [3.8, 4) is 17.3 Å². The summed E-state index contributed by atoms with van der Waals surface area (Å²) in [6.07, 6.45) is 7.56. The van der Waals surface area contributed by atoms with Gasteiger partial charge in [-0.1, -0.05) is 24.3 Å². The fourth-order valence-electron chi connectivity index (χ4n) is 5.01. The number of hydrogen-bond donors (Lipinski definition) is 1. The SMILES string of the molecule is Cc1cnc(Nc2cnn(C3CC(C)(C)OC(C)(C)C3)c2)nc1-c1ccc(C(=O)C[C@H](C)C#N)cc1. The molecule has 2 aromatic heterocycles. The van der Waals surface area contributed by atoms with E-state index in [-0.39, 0.29) is 35.4 Å². The number of ketones is 1. The van der Waals surface area contributed by atoms with Crippen molar-refractivity contribution in [3.05, 3.63) is 54.0 Å². The van der Waals surface area contributed by atoms with Gasteiger partial charge in [-0.15, -0.1) is 0 Å². The van der Waals surface area contributed by atoms with Crippen LogP contribution in [-0.4, -0.2) is 36.7 Å². The van der Waals surface area contributed by atoms with Crippen molar-refractivity contribution in [2.75, 3.05) is 5.32 Å². The zero-order chi connectivity index (χ0) is 26.1. The second kappa shape index (κ2) is 9.82. The third kappa shape index (κ3) is 5.97. The van der Waals surface area contributed by atoms with E-state index in [0.29, 0.717) is 11.5 Å². The molecule has 1 fully saturated rings. The van der Waals surface area contributed by atoms with Gasteiger partial charge in [0.1, 0.15) is 0 Å². The number of nitriles is 1. The highest BCUT2D eigenvalue weighted by Crippen LogP contribution is 2.40. The lowest BCUT2D eigenvalue weighted by Crippen LogP contribution is -2.45. The summed E-state index contributed by atoms with van der Waals surface area (Å²) >= 11 is 0. The molecule has 0 bridgehead atoms. The van der Waals surface area contributed by atoms with Crippen LogP contribution in [0.5, 0.6) is 0 Å². The van der Waals surface area contributed by atoms with E-state index in [4.69, 9.17) is 15.0 Å². The van der Waals surface area contributed by atoms with E-state index in [1.54, 1.807) is 31.5 Å². The number of aromatic nitrogens is 4. The lowest BCUT2D eigenvalue weighted by atomic mass is 9.85. The molecule has 1 aromatic carbocycles. The molecule has 0 unspecified atom stereocenters. The standard InChI is InChI=1S/C28H34N6O2/c1-18(14-29)11-24(35)20-7-9-21(10-8-20)25-19(2)15-30-26(33-25)32-22-16-31-34(17-22)23-12-27(3,4)36-28(5,6)13-23/h7-10,15-18,23H,11-13H2,1-6H3,(H,30,32,33)/t18-/m0/s1. The summed E-state index contributed by atoms with van der Waals surface area (Å²) in [5.74, 6) is 0.139. The zero-order valence-electron chi connectivity index (χ0n) is 21.9. The maximum absolute atomic E-state index is 12.4. The molecule has 1 aliphatic rings. The number of Topliss-reactive ketones (excluding diaryl/α,β-unsaturated/α-hetero) is 1. The lowest BCUT2D eigenvalue weighted by Gasteiger charge is -2.45. The van der Waals surface area contributed by atoms with Crippen LogP contribution in [0, 0.1) is 24.2 Å². The smallest absolute Gasteiger partial charge is 0.227 e. The predicted octanol–water partition coefficient (Wildman–Crippen LogP) is 6.03.